The van der Waals surface area contributed by atoms with Crippen LogP contribution in [0.5, 0.6) is 0 Å². The van der Waals surface area contributed by atoms with Crippen LogP contribution in [0.15, 0.2) is 6.07 Å². The Kier molecular flexibility index (Phi) is 5.57. The lowest BCUT2D eigenvalue weighted by Gasteiger charge is -2.35. The fraction of sp³-hybridized carbons (Fsp3) is 0.737. The molecule has 3 rings (SSSR count). The quantitative estimate of drug-likeness (QED) is 0.842. The Morgan fingerprint density at radius 3 is 2.40 bits per heavy atom. The smallest absolute Gasteiger partial charge is 0.272 e. The minimum atomic E-state index is 0.0391. The highest BCUT2D eigenvalue weighted by atomic mass is 16.5. The highest BCUT2D eigenvalue weighted by Crippen LogP contribution is 2.24. The van der Waals surface area contributed by atoms with Gasteiger partial charge in [0.15, 0.2) is 0 Å². The van der Waals surface area contributed by atoms with E-state index in [1.165, 1.54) is 6.42 Å². The molecule has 0 radical (unpaired) electrons. The molecule has 2 aliphatic heterocycles. The number of ether oxygens (including phenoxy) is 1. The van der Waals surface area contributed by atoms with Crippen molar-refractivity contribution in [1.29, 1.82) is 0 Å². The largest absolute Gasteiger partial charge is 0.378 e. The minimum Gasteiger partial charge on any atom is -0.378 e. The Balaban J connectivity index is 1.88. The molecule has 0 aliphatic carbocycles. The number of hydrogen-bond donors (Lipinski definition) is 0. The van der Waals surface area contributed by atoms with Crippen LogP contribution in [0.25, 0.3) is 0 Å². The molecule has 2 fully saturated rings. The van der Waals surface area contributed by atoms with Crippen LogP contribution in [-0.4, -0.2) is 60.2 Å². The zero-order valence-electron chi connectivity index (χ0n) is 15.9. The summed E-state index contributed by atoms with van der Waals surface area (Å²) in [5.41, 5.74) is 1.46. The molecule has 0 spiro atoms. The summed E-state index contributed by atoms with van der Waals surface area (Å²) in [4.78, 5) is 26.5. The zero-order chi connectivity index (χ0) is 18.0. The van der Waals surface area contributed by atoms with Crippen molar-refractivity contribution in [1.82, 2.24) is 14.9 Å². The number of nitrogens with zero attached hydrogens (tertiary/aromatic N) is 4. The van der Waals surface area contributed by atoms with Gasteiger partial charge in [-0.1, -0.05) is 27.7 Å². The fourth-order valence-corrected chi connectivity index (χ4v) is 3.75. The maximum atomic E-state index is 13.1. The third-order valence-corrected chi connectivity index (χ3v) is 4.99. The summed E-state index contributed by atoms with van der Waals surface area (Å²) < 4.78 is 5.42. The first-order chi connectivity index (χ1) is 11.9. The van der Waals surface area contributed by atoms with Gasteiger partial charge in [-0.15, -0.1) is 0 Å². The van der Waals surface area contributed by atoms with Crippen molar-refractivity contribution in [3.8, 4) is 0 Å². The number of anilines is 1. The van der Waals surface area contributed by atoms with Gasteiger partial charge in [0.25, 0.3) is 5.91 Å². The first-order valence-corrected chi connectivity index (χ1v) is 9.45. The topological polar surface area (TPSA) is 58.6 Å². The second kappa shape index (κ2) is 7.68. The van der Waals surface area contributed by atoms with Crippen molar-refractivity contribution in [2.24, 2.45) is 11.8 Å². The number of rotatable bonds is 3. The summed E-state index contributed by atoms with van der Waals surface area (Å²) in [5, 5.41) is 0. The van der Waals surface area contributed by atoms with Crippen molar-refractivity contribution in [2.45, 2.75) is 40.0 Å². The standard InChI is InChI=1S/C19H30N4O2/c1-13(2)16-10-17(18(24)23-11-14(3)9-15(4)12-23)21-19(20-16)22-5-7-25-8-6-22/h10,13-15H,5-9,11-12H2,1-4H3/t14-,15+. The van der Waals surface area contributed by atoms with Crippen LogP contribution >= 0.6 is 0 Å². The molecular weight excluding hydrogens is 316 g/mol. The number of hydrogen-bond acceptors (Lipinski definition) is 5. The SMILES string of the molecule is CC(C)c1cc(C(=O)N2C[C@H](C)C[C@H](C)C2)nc(N2CCOCC2)n1. The number of aromatic nitrogens is 2. The summed E-state index contributed by atoms with van der Waals surface area (Å²) >= 11 is 0. The predicted molar refractivity (Wildman–Crippen MR) is 98.0 cm³/mol. The van der Waals surface area contributed by atoms with Crippen molar-refractivity contribution in [3.63, 3.8) is 0 Å². The van der Waals surface area contributed by atoms with Crippen LogP contribution in [0.3, 0.4) is 0 Å². The second-order valence-corrected chi connectivity index (χ2v) is 7.89. The van der Waals surface area contributed by atoms with Crippen LogP contribution in [0, 0.1) is 11.8 Å². The Labute approximate surface area is 150 Å². The average Bonchev–Trinajstić information content (AvgIpc) is 2.60. The van der Waals surface area contributed by atoms with Crippen LogP contribution in [-0.2, 0) is 4.74 Å². The summed E-state index contributed by atoms with van der Waals surface area (Å²) in [6.07, 6.45) is 1.18. The highest BCUT2D eigenvalue weighted by molar-refractivity contribution is 5.92. The molecule has 0 aromatic carbocycles. The van der Waals surface area contributed by atoms with Crippen LogP contribution < -0.4 is 4.90 Å². The summed E-state index contributed by atoms with van der Waals surface area (Å²) in [5.74, 6) is 2.04. The Morgan fingerprint density at radius 2 is 1.80 bits per heavy atom. The second-order valence-electron chi connectivity index (χ2n) is 7.89. The van der Waals surface area contributed by atoms with E-state index in [0.717, 1.165) is 31.9 Å². The predicted octanol–water partition coefficient (Wildman–Crippen LogP) is 2.55. The average molecular weight is 346 g/mol. The molecule has 0 N–H and O–H groups in total. The van der Waals surface area contributed by atoms with Gasteiger partial charge in [-0.25, -0.2) is 9.97 Å². The van der Waals surface area contributed by atoms with Gasteiger partial charge in [0, 0.05) is 31.9 Å². The molecular formula is C19H30N4O2. The van der Waals surface area contributed by atoms with E-state index in [2.05, 4.69) is 37.6 Å². The lowest BCUT2D eigenvalue weighted by molar-refractivity contribution is 0.0617. The lowest BCUT2D eigenvalue weighted by atomic mass is 9.91. The summed E-state index contributed by atoms with van der Waals surface area (Å²) in [7, 11) is 0. The van der Waals surface area contributed by atoms with Gasteiger partial charge in [0.1, 0.15) is 5.69 Å². The van der Waals surface area contributed by atoms with E-state index < -0.39 is 0 Å². The van der Waals surface area contributed by atoms with Gasteiger partial charge >= 0.3 is 0 Å². The number of piperidine rings is 1. The first kappa shape index (κ1) is 18.1. The molecule has 1 aromatic heterocycles. The van der Waals surface area contributed by atoms with Gasteiger partial charge in [0.2, 0.25) is 5.95 Å². The van der Waals surface area contributed by atoms with Crippen molar-refractivity contribution in [3.05, 3.63) is 17.5 Å². The maximum Gasteiger partial charge on any atom is 0.272 e. The zero-order valence-corrected chi connectivity index (χ0v) is 15.9. The Bertz CT molecular complexity index is 603. The maximum absolute atomic E-state index is 13.1. The van der Waals surface area contributed by atoms with E-state index in [4.69, 9.17) is 9.72 Å². The van der Waals surface area contributed by atoms with Crippen LogP contribution in [0.1, 0.15) is 56.2 Å². The van der Waals surface area contributed by atoms with E-state index in [0.29, 0.717) is 36.7 Å². The third kappa shape index (κ3) is 4.29. The van der Waals surface area contributed by atoms with Crippen LogP contribution in [0.4, 0.5) is 5.95 Å². The molecule has 1 aromatic rings. The van der Waals surface area contributed by atoms with Crippen molar-refractivity contribution in [2.75, 3.05) is 44.3 Å². The van der Waals surface area contributed by atoms with Gasteiger partial charge < -0.3 is 14.5 Å². The summed E-state index contributed by atoms with van der Waals surface area (Å²) in [6, 6.07) is 1.88. The van der Waals surface area contributed by atoms with Gasteiger partial charge in [-0.05, 0) is 30.2 Å². The minimum absolute atomic E-state index is 0.0391. The molecule has 3 heterocycles. The van der Waals surface area contributed by atoms with Crippen molar-refractivity contribution >= 4 is 11.9 Å². The number of carbonyl (C=O) groups excluding carboxylic acids is 1. The molecule has 0 bridgehead atoms. The van der Waals surface area contributed by atoms with Gasteiger partial charge in [-0.3, -0.25) is 4.79 Å². The third-order valence-electron chi connectivity index (χ3n) is 4.99. The van der Waals surface area contributed by atoms with E-state index >= 15 is 0 Å². The number of morpholine rings is 1. The van der Waals surface area contributed by atoms with E-state index in [9.17, 15) is 4.79 Å². The Morgan fingerprint density at radius 1 is 1.16 bits per heavy atom. The molecule has 6 heteroatoms. The molecule has 0 saturated carbocycles. The summed E-state index contributed by atoms with van der Waals surface area (Å²) in [6.45, 7) is 13.2. The highest BCUT2D eigenvalue weighted by Gasteiger charge is 2.28. The van der Waals surface area contributed by atoms with E-state index in [-0.39, 0.29) is 11.8 Å². The number of carbonyl (C=O) groups is 1. The van der Waals surface area contributed by atoms with Gasteiger partial charge in [0.05, 0.1) is 13.2 Å². The van der Waals surface area contributed by atoms with Crippen LogP contribution in [0.2, 0.25) is 0 Å². The normalized spacial score (nSPS) is 24.7. The number of amides is 1. The molecule has 25 heavy (non-hydrogen) atoms. The number of likely N-dealkylation sites (tertiary alicyclic amines) is 1. The van der Waals surface area contributed by atoms with Gasteiger partial charge in [-0.2, -0.15) is 0 Å². The molecule has 2 aliphatic rings. The van der Waals surface area contributed by atoms with E-state index in [1.54, 1.807) is 0 Å². The molecule has 2 saturated heterocycles. The Hall–Kier alpha value is -1.69. The molecule has 1 amide bonds. The monoisotopic (exact) mass is 346 g/mol. The molecule has 0 unspecified atom stereocenters. The lowest BCUT2D eigenvalue weighted by Crippen LogP contribution is -2.43. The molecule has 6 nitrogen and oxygen atoms in total. The van der Waals surface area contributed by atoms with E-state index in [1.807, 2.05) is 11.0 Å². The fourth-order valence-electron chi connectivity index (χ4n) is 3.75. The molecule has 2 atom stereocenters. The first-order valence-electron chi connectivity index (χ1n) is 9.45. The molecule has 138 valence electrons. The van der Waals surface area contributed by atoms with Crippen molar-refractivity contribution < 1.29 is 9.53 Å².